The van der Waals surface area contributed by atoms with E-state index in [2.05, 4.69) is 32.7 Å². The summed E-state index contributed by atoms with van der Waals surface area (Å²) in [6.07, 6.45) is 5.33. The van der Waals surface area contributed by atoms with Crippen molar-refractivity contribution in [2.75, 3.05) is 13.6 Å². The highest BCUT2D eigenvalue weighted by Gasteiger charge is 2.04. The van der Waals surface area contributed by atoms with Crippen LogP contribution in [0.5, 0.6) is 0 Å². The van der Waals surface area contributed by atoms with Crippen LogP contribution in [0.3, 0.4) is 0 Å². The molecule has 0 radical (unpaired) electrons. The summed E-state index contributed by atoms with van der Waals surface area (Å²) in [5.41, 5.74) is 0. The zero-order chi connectivity index (χ0) is 8.69. The Morgan fingerprint density at radius 2 is 1.82 bits per heavy atom. The van der Waals surface area contributed by atoms with Gasteiger partial charge in [-0.25, -0.2) is 0 Å². The molecule has 0 aliphatic rings. The third-order valence-corrected chi connectivity index (χ3v) is 2.46. The summed E-state index contributed by atoms with van der Waals surface area (Å²) in [5, 5.41) is 0. The van der Waals surface area contributed by atoms with Gasteiger partial charge in [0.05, 0.1) is 0 Å². The molecule has 11 heavy (non-hydrogen) atoms. The molecule has 1 unspecified atom stereocenters. The fourth-order valence-electron chi connectivity index (χ4n) is 1.14. The maximum Gasteiger partial charge on any atom is 0.00612 e. The molecule has 1 heteroatoms. The van der Waals surface area contributed by atoms with Gasteiger partial charge in [-0.1, -0.05) is 26.7 Å². The summed E-state index contributed by atoms with van der Waals surface area (Å²) < 4.78 is 0. The monoisotopic (exact) mass is 157 g/mol. The van der Waals surface area contributed by atoms with Gasteiger partial charge in [-0.15, -0.1) is 0 Å². The highest BCUT2D eigenvalue weighted by molar-refractivity contribution is 4.60. The molecule has 0 bridgehead atoms. The van der Waals surface area contributed by atoms with Gasteiger partial charge in [0, 0.05) is 6.04 Å². The zero-order valence-corrected chi connectivity index (χ0v) is 8.56. The van der Waals surface area contributed by atoms with E-state index in [1.807, 2.05) is 0 Å². The van der Waals surface area contributed by atoms with Crippen LogP contribution in [0.15, 0.2) is 0 Å². The molecule has 0 aliphatic carbocycles. The summed E-state index contributed by atoms with van der Waals surface area (Å²) in [6.45, 7) is 8.07. The molecule has 0 aliphatic heterocycles. The van der Waals surface area contributed by atoms with Gasteiger partial charge in [-0.3, -0.25) is 0 Å². The minimum absolute atomic E-state index is 0.756. The van der Waals surface area contributed by atoms with Gasteiger partial charge in [0.15, 0.2) is 0 Å². The minimum atomic E-state index is 0.756. The van der Waals surface area contributed by atoms with Crippen molar-refractivity contribution in [2.24, 2.45) is 0 Å². The number of hydrogen-bond acceptors (Lipinski definition) is 1. The van der Waals surface area contributed by atoms with E-state index in [1.165, 1.54) is 32.2 Å². The van der Waals surface area contributed by atoms with Crippen LogP contribution in [-0.4, -0.2) is 24.5 Å². The lowest BCUT2D eigenvalue weighted by Crippen LogP contribution is -2.29. The van der Waals surface area contributed by atoms with Crippen LogP contribution >= 0.6 is 0 Å². The Bertz CT molecular complexity index is 80.9. The van der Waals surface area contributed by atoms with E-state index in [1.54, 1.807) is 0 Å². The second-order valence-corrected chi connectivity index (χ2v) is 3.44. The average molecular weight is 157 g/mol. The molecule has 0 aromatic carbocycles. The van der Waals surface area contributed by atoms with Crippen LogP contribution in [-0.2, 0) is 0 Å². The maximum absolute atomic E-state index is 2.45. The van der Waals surface area contributed by atoms with Crippen molar-refractivity contribution in [2.45, 2.75) is 52.5 Å². The molecular formula is C10H23N. The van der Waals surface area contributed by atoms with E-state index in [9.17, 15) is 0 Å². The van der Waals surface area contributed by atoms with Gasteiger partial charge < -0.3 is 4.90 Å². The third-order valence-electron chi connectivity index (χ3n) is 2.46. The Kier molecular flexibility index (Phi) is 6.63. The largest absolute Gasteiger partial charge is 0.304 e. The van der Waals surface area contributed by atoms with E-state index >= 15 is 0 Å². The second-order valence-electron chi connectivity index (χ2n) is 3.44. The van der Waals surface area contributed by atoms with Crippen molar-refractivity contribution < 1.29 is 0 Å². The third kappa shape index (κ3) is 5.25. The molecule has 1 nitrogen and oxygen atoms in total. The van der Waals surface area contributed by atoms with Gasteiger partial charge >= 0.3 is 0 Å². The lowest BCUT2D eigenvalue weighted by molar-refractivity contribution is 0.247. The van der Waals surface area contributed by atoms with Crippen LogP contribution in [0.2, 0.25) is 0 Å². The Balaban J connectivity index is 3.28. The van der Waals surface area contributed by atoms with Crippen LogP contribution in [0.4, 0.5) is 0 Å². The van der Waals surface area contributed by atoms with Crippen molar-refractivity contribution in [3.8, 4) is 0 Å². The van der Waals surface area contributed by atoms with Gasteiger partial charge in [0.2, 0.25) is 0 Å². The number of nitrogens with zero attached hydrogens (tertiary/aromatic N) is 1. The predicted molar refractivity (Wildman–Crippen MR) is 51.9 cm³/mol. The smallest absolute Gasteiger partial charge is 0.00612 e. The Morgan fingerprint density at radius 1 is 1.18 bits per heavy atom. The minimum Gasteiger partial charge on any atom is -0.304 e. The molecule has 1 atom stereocenters. The molecule has 0 heterocycles. The fraction of sp³-hybridized carbons (Fsp3) is 1.00. The van der Waals surface area contributed by atoms with E-state index in [-0.39, 0.29) is 0 Å². The molecule has 0 aromatic heterocycles. The standard InChI is InChI=1S/C10H23N/c1-5-7-8-9-11(4)10(3)6-2/h10H,5-9H2,1-4H3. The molecule has 0 saturated heterocycles. The van der Waals surface area contributed by atoms with Crippen molar-refractivity contribution in [1.82, 2.24) is 4.90 Å². The lowest BCUT2D eigenvalue weighted by Gasteiger charge is -2.23. The van der Waals surface area contributed by atoms with Gasteiger partial charge in [-0.05, 0) is 33.4 Å². The Hall–Kier alpha value is -0.0400. The number of rotatable bonds is 6. The predicted octanol–water partition coefficient (Wildman–Crippen LogP) is 2.91. The SMILES string of the molecule is CCCCCN(C)C(C)CC. The van der Waals surface area contributed by atoms with Crippen molar-refractivity contribution in [3.63, 3.8) is 0 Å². The molecule has 0 fully saturated rings. The summed E-state index contributed by atoms with van der Waals surface area (Å²) in [6, 6.07) is 0.756. The topological polar surface area (TPSA) is 3.24 Å². The van der Waals surface area contributed by atoms with Gasteiger partial charge in [0.1, 0.15) is 0 Å². The molecule has 0 N–H and O–H groups in total. The van der Waals surface area contributed by atoms with E-state index in [4.69, 9.17) is 0 Å². The summed E-state index contributed by atoms with van der Waals surface area (Å²) >= 11 is 0. The van der Waals surface area contributed by atoms with E-state index in [0.717, 1.165) is 6.04 Å². The average Bonchev–Trinajstić information content (AvgIpc) is 2.03. The first-order valence-electron chi connectivity index (χ1n) is 4.92. The summed E-state index contributed by atoms with van der Waals surface area (Å²) in [4.78, 5) is 2.45. The lowest BCUT2D eigenvalue weighted by atomic mass is 10.2. The van der Waals surface area contributed by atoms with Crippen LogP contribution in [0.25, 0.3) is 0 Å². The molecule has 0 amide bonds. The number of unbranched alkanes of at least 4 members (excludes halogenated alkanes) is 2. The molecule has 0 saturated carbocycles. The molecule has 0 rings (SSSR count). The fourth-order valence-corrected chi connectivity index (χ4v) is 1.14. The normalized spacial score (nSPS) is 13.9. The molecule has 68 valence electrons. The van der Waals surface area contributed by atoms with Gasteiger partial charge in [0.25, 0.3) is 0 Å². The summed E-state index contributed by atoms with van der Waals surface area (Å²) in [7, 11) is 2.23. The van der Waals surface area contributed by atoms with Crippen LogP contribution < -0.4 is 0 Å². The van der Waals surface area contributed by atoms with Crippen molar-refractivity contribution >= 4 is 0 Å². The molecule has 0 aromatic rings. The highest BCUT2D eigenvalue weighted by atomic mass is 15.1. The Labute approximate surface area is 71.8 Å². The van der Waals surface area contributed by atoms with Crippen LogP contribution in [0, 0.1) is 0 Å². The Morgan fingerprint density at radius 3 is 2.27 bits per heavy atom. The van der Waals surface area contributed by atoms with Crippen molar-refractivity contribution in [1.29, 1.82) is 0 Å². The summed E-state index contributed by atoms with van der Waals surface area (Å²) in [5.74, 6) is 0. The van der Waals surface area contributed by atoms with Gasteiger partial charge in [-0.2, -0.15) is 0 Å². The quantitative estimate of drug-likeness (QED) is 0.536. The molecule has 0 spiro atoms. The molecular weight excluding hydrogens is 134 g/mol. The first kappa shape index (κ1) is 11.0. The first-order valence-corrected chi connectivity index (χ1v) is 4.92. The maximum atomic E-state index is 2.45. The van der Waals surface area contributed by atoms with Crippen LogP contribution in [0.1, 0.15) is 46.5 Å². The highest BCUT2D eigenvalue weighted by Crippen LogP contribution is 2.02. The second kappa shape index (κ2) is 6.66. The van der Waals surface area contributed by atoms with Crippen molar-refractivity contribution in [3.05, 3.63) is 0 Å². The van der Waals surface area contributed by atoms with E-state index < -0.39 is 0 Å². The zero-order valence-electron chi connectivity index (χ0n) is 8.56. The first-order chi connectivity index (χ1) is 5.22. The van der Waals surface area contributed by atoms with E-state index in [0.29, 0.717) is 0 Å². The number of hydrogen-bond donors (Lipinski definition) is 0.